The molecule has 2 heterocycles. The Morgan fingerprint density at radius 1 is 1.24 bits per heavy atom. The summed E-state index contributed by atoms with van der Waals surface area (Å²) in [6, 6.07) is 2.06. The van der Waals surface area contributed by atoms with Crippen molar-refractivity contribution in [1.29, 1.82) is 0 Å². The van der Waals surface area contributed by atoms with Gasteiger partial charge in [0, 0.05) is 39.4 Å². The van der Waals surface area contributed by atoms with Gasteiger partial charge in [-0.1, -0.05) is 6.92 Å². The standard InChI is InChI=1S/C15H27N5O/c1-4-6-16-13-11-15(18-14(17-13)12-21-3)20-8-5-7-19(2)9-10-20/h11H,4-10,12H2,1-3H3,(H,16,17,18). The fraction of sp³-hybridized carbons (Fsp3) is 0.733. The quantitative estimate of drug-likeness (QED) is 0.859. The van der Waals surface area contributed by atoms with Crippen LogP contribution >= 0.6 is 0 Å². The van der Waals surface area contributed by atoms with Crippen molar-refractivity contribution < 1.29 is 4.74 Å². The third-order valence-corrected chi connectivity index (χ3v) is 3.63. The van der Waals surface area contributed by atoms with E-state index in [1.807, 2.05) is 0 Å². The van der Waals surface area contributed by atoms with E-state index in [4.69, 9.17) is 4.74 Å². The van der Waals surface area contributed by atoms with Crippen LogP contribution in [0, 0.1) is 0 Å². The molecule has 1 aromatic heterocycles. The Morgan fingerprint density at radius 2 is 2.10 bits per heavy atom. The summed E-state index contributed by atoms with van der Waals surface area (Å²) >= 11 is 0. The van der Waals surface area contributed by atoms with Crippen LogP contribution in [0.3, 0.4) is 0 Å². The number of anilines is 2. The Morgan fingerprint density at radius 3 is 2.86 bits per heavy atom. The average molecular weight is 293 g/mol. The van der Waals surface area contributed by atoms with Crippen LogP contribution in [-0.2, 0) is 11.3 Å². The highest BCUT2D eigenvalue weighted by Crippen LogP contribution is 2.18. The Balaban J connectivity index is 2.17. The first-order valence-electron chi connectivity index (χ1n) is 7.77. The van der Waals surface area contributed by atoms with Gasteiger partial charge in [0.25, 0.3) is 0 Å². The van der Waals surface area contributed by atoms with Crippen LogP contribution in [0.4, 0.5) is 11.6 Å². The van der Waals surface area contributed by atoms with Crippen molar-refractivity contribution in [3.05, 3.63) is 11.9 Å². The maximum absolute atomic E-state index is 5.19. The molecule has 0 radical (unpaired) electrons. The molecule has 0 unspecified atom stereocenters. The van der Waals surface area contributed by atoms with Gasteiger partial charge in [-0.05, 0) is 26.4 Å². The number of nitrogens with one attached hydrogen (secondary N) is 1. The molecule has 1 aliphatic rings. The summed E-state index contributed by atoms with van der Waals surface area (Å²) in [7, 11) is 3.85. The number of hydrogen-bond donors (Lipinski definition) is 1. The van der Waals surface area contributed by atoms with E-state index >= 15 is 0 Å². The molecule has 1 aromatic rings. The topological polar surface area (TPSA) is 53.5 Å². The minimum absolute atomic E-state index is 0.447. The molecule has 1 saturated heterocycles. The number of hydrogen-bond acceptors (Lipinski definition) is 6. The lowest BCUT2D eigenvalue weighted by atomic mass is 10.3. The number of aromatic nitrogens is 2. The van der Waals surface area contributed by atoms with E-state index in [2.05, 4.69) is 45.1 Å². The molecule has 0 amide bonds. The molecule has 118 valence electrons. The van der Waals surface area contributed by atoms with E-state index in [1.165, 1.54) is 0 Å². The lowest BCUT2D eigenvalue weighted by Gasteiger charge is -2.22. The van der Waals surface area contributed by atoms with Crippen LogP contribution < -0.4 is 10.2 Å². The summed E-state index contributed by atoms with van der Waals surface area (Å²) in [4.78, 5) is 13.9. The predicted molar refractivity (Wildman–Crippen MR) is 85.9 cm³/mol. The van der Waals surface area contributed by atoms with E-state index in [0.717, 1.165) is 63.0 Å². The predicted octanol–water partition coefficient (Wildman–Crippen LogP) is 1.59. The number of ether oxygens (including phenoxy) is 1. The molecule has 21 heavy (non-hydrogen) atoms. The van der Waals surface area contributed by atoms with Crippen molar-refractivity contribution in [2.45, 2.75) is 26.4 Å². The minimum atomic E-state index is 0.447. The summed E-state index contributed by atoms with van der Waals surface area (Å²) in [5.41, 5.74) is 0. The van der Waals surface area contributed by atoms with Gasteiger partial charge in [0.1, 0.15) is 18.2 Å². The third kappa shape index (κ3) is 4.82. The fourth-order valence-electron chi connectivity index (χ4n) is 2.46. The highest BCUT2D eigenvalue weighted by Gasteiger charge is 2.15. The molecule has 1 aliphatic heterocycles. The summed E-state index contributed by atoms with van der Waals surface area (Å²) < 4.78 is 5.19. The number of nitrogens with zero attached hydrogens (tertiary/aromatic N) is 4. The van der Waals surface area contributed by atoms with Gasteiger partial charge in [0.2, 0.25) is 0 Å². The fourth-order valence-corrected chi connectivity index (χ4v) is 2.46. The second-order valence-electron chi connectivity index (χ2n) is 5.53. The van der Waals surface area contributed by atoms with E-state index in [-0.39, 0.29) is 0 Å². The summed E-state index contributed by atoms with van der Waals surface area (Å²) in [5, 5.41) is 3.35. The molecule has 0 aromatic carbocycles. The Labute approximate surface area is 127 Å². The van der Waals surface area contributed by atoms with Gasteiger partial charge < -0.3 is 19.9 Å². The molecule has 0 atom stereocenters. The van der Waals surface area contributed by atoms with Crippen molar-refractivity contribution in [1.82, 2.24) is 14.9 Å². The van der Waals surface area contributed by atoms with E-state index in [9.17, 15) is 0 Å². The van der Waals surface area contributed by atoms with Crippen LogP contribution in [0.5, 0.6) is 0 Å². The van der Waals surface area contributed by atoms with E-state index in [1.54, 1.807) is 7.11 Å². The maximum atomic E-state index is 5.19. The largest absolute Gasteiger partial charge is 0.377 e. The minimum Gasteiger partial charge on any atom is -0.377 e. The van der Waals surface area contributed by atoms with Crippen LogP contribution in [0.2, 0.25) is 0 Å². The summed E-state index contributed by atoms with van der Waals surface area (Å²) in [6.07, 6.45) is 2.24. The molecule has 1 fully saturated rings. The van der Waals surface area contributed by atoms with Gasteiger partial charge in [-0.2, -0.15) is 0 Å². The van der Waals surface area contributed by atoms with Crippen LogP contribution in [-0.4, -0.2) is 61.7 Å². The second-order valence-corrected chi connectivity index (χ2v) is 5.53. The zero-order chi connectivity index (χ0) is 15.1. The zero-order valence-corrected chi connectivity index (χ0v) is 13.4. The van der Waals surface area contributed by atoms with Crippen molar-refractivity contribution in [3.8, 4) is 0 Å². The van der Waals surface area contributed by atoms with Gasteiger partial charge >= 0.3 is 0 Å². The van der Waals surface area contributed by atoms with Gasteiger partial charge in [-0.3, -0.25) is 0 Å². The van der Waals surface area contributed by atoms with Crippen LogP contribution in [0.25, 0.3) is 0 Å². The first-order chi connectivity index (χ1) is 10.2. The highest BCUT2D eigenvalue weighted by molar-refractivity contribution is 5.49. The molecule has 0 bridgehead atoms. The average Bonchev–Trinajstić information content (AvgIpc) is 2.70. The second kappa shape index (κ2) is 8.14. The van der Waals surface area contributed by atoms with Crippen LogP contribution in [0.1, 0.15) is 25.6 Å². The van der Waals surface area contributed by atoms with Gasteiger partial charge in [0.15, 0.2) is 5.82 Å². The Hall–Kier alpha value is -1.40. The SMILES string of the molecule is CCCNc1cc(N2CCCN(C)CC2)nc(COC)n1. The summed E-state index contributed by atoms with van der Waals surface area (Å²) in [5.74, 6) is 2.64. The lowest BCUT2D eigenvalue weighted by molar-refractivity contribution is 0.178. The maximum Gasteiger partial charge on any atom is 0.158 e. The molecular formula is C15H27N5O. The first kappa shape index (κ1) is 16.0. The molecule has 0 spiro atoms. The van der Waals surface area contributed by atoms with Crippen molar-refractivity contribution >= 4 is 11.6 Å². The van der Waals surface area contributed by atoms with Gasteiger partial charge in [-0.15, -0.1) is 0 Å². The monoisotopic (exact) mass is 293 g/mol. The molecule has 0 aliphatic carbocycles. The van der Waals surface area contributed by atoms with E-state index in [0.29, 0.717) is 6.61 Å². The lowest BCUT2D eigenvalue weighted by Crippen LogP contribution is -2.29. The molecule has 6 nitrogen and oxygen atoms in total. The molecule has 2 rings (SSSR count). The van der Waals surface area contributed by atoms with Crippen LogP contribution in [0.15, 0.2) is 6.07 Å². The first-order valence-corrected chi connectivity index (χ1v) is 7.77. The number of methoxy groups -OCH3 is 1. The van der Waals surface area contributed by atoms with Crippen molar-refractivity contribution in [2.24, 2.45) is 0 Å². The van der Waals surface area contributed by atoms with Gasteiger partial charge in [0.05, 0.1) is 0 Å². The number of rotatable bonds is 6. The Kier molecular flexibility index (Phi) is 6.20. The molecule has 6 heteroatoms. The highest BCUT2D eigenvalue weighted by atomic mass is 16.5. The smallest absolute Gasteiger partial charge is 0.158 e. The van der Waals surface area contributed by atoms with Crippen molar-refractivity contribution in [3.63, 3.8) is 0 Å². The third-order valence-electron chi connectivity index (χ3n) is 3.63. The molecule has 0 saturated carbocycles. The van der Waals surface area contributed by atoms with Gasteiger partial charge in [-0.25, -0.2) is 9.97 Å². The van der Waals surface area contributed by atoms with E-state index < -0.39 is 0 Å². The zero-order valence-electron chi connectivity index (χ0n) is 13.4. The normalized spacial score (nSPS) is 16.8. The number of likely N-dealkylation sites (N-methyl/N-ethyl adjacent to an activating group) is 1. The Bertz CT molecular complexity index is 440. The van der Waals surface area contributed by atoms with Crippen molar-refractivity contribution in [2.75, 3.05) is 57.1 Å². The summed E-state index contributed by atoms with van der Waals surface area (Å²) in [6.45, 7) is 7.78. The molecular weight excluding hydrogens is 266 g/mol. The molecule has 1 N–H and O–H groups in total.